The molecule has 1 fully saturated rings. The van der Waals surface area contributed by atoms with Gasteiger partial charge in [-0.15, -0.1) is 0 Å². The van der Waals surface area contributed by atoms with Gasteiger partial charge >= 0.3 is 0 Å². The number of carbonyl (C=O) groups excluding carboxylic acids is 2. The van der Waals surface area contributed by atoms with E-state index in [-0.39, 0.29) is 23.9 Å². The molecule has 2 amide bonds. The van der Waals surface area contributed by atoms with Gasteiger partial charge in [-0.2, -0.15) is 10.2 Å². The van der Waals surface area contributed by atoms with Crippen LogP contribution in [0.2, 0.25) is 0 Å². The van der Waals surface area contributed by atoms with Crippen LogP contribution in [0.15, 0.2) is 24.7 Å². The Balaban J connectivity index is 1.59. The molecular weight excluding hydrogens is 356 g/mol. The van der Waals surface area contributed by atoms with Gasteiger partial charge in [0.05, 0.1) is 24.0 Å². The van der Waals surface area contributed by atoms with Crippen LogP contribution >= 0.6 is 0 Å². The lowest BCUT2D eigenvalue weighted by Gasteiger charge is -2.32. The molecule has 3 rings (SSSR count). The fourth-order valence-electron chi connectivity index (χ4n) is 3.50. The molecule has 0 aromatic carbocycles. The minimum Gasteiger partial charge on any atom is -0.338 e. The molecule has 0 spiro atoms. The number of likely N-dealkylation sites (tertiary alicyclic amines) is 1. The van der Waals surface area contributed by atoms with Crippen molar-refractivity contribution in [3.63, 3.8) is 0 Å². The van der Waals surface area contributed by atoms with E-state index in [9.17, 15) is 9.59 Å². The van der Waals surface area contributed by atoms with E-state index in [2.05, 4.69) is 15.5 Å². The zero-order valence-corrected chi connectivity index (χ0v) is 17.1. The van der Waals surface area contributed by atoms with Crippen molar-refractivity contribution in [3.8, 4) is 0 Å². The predicted molar refractivity (Wildman–Crippen MR) is 107 cm³/mol. The lowest BCUT2D eigenvalue weighted by molar-refractivity contribution is -0.116. The van der Waals surface area contributed by atoms with Gasteiger partial charge in [-0.3, -0.25) is 14.3 Å². The van der Waals surface area contributed by atoms with Gasteiger partial charge in [0.2, 0.25) is 5.91 Å². The van der Waals surface area contributed by atoms with Crippen LogP contribution in [-0.2, 0) is 4.79 Å². The minimum atomic E-state index is 0.00604. The molecular formula is C20H30N6O2. The second-order valence-electron chi connectivity index (χ2n) is 8.13. The second kappa shape index (κ2) is 8.58. The molecule has 28 heavy (non-hydrogen) atoms. The summed E-state index contributed by atoms with van der Waals surface area (Å²) >= 11 is 0. The van der Waals surface area contributed by atoms with Crippen LogP contribution < -0.4 is 5.32 Å². The highest BCUT2D eigenvalue weighted by Crippen LogP contribution is 2.26. The van der Waals surface area contributed by atoms with E-state index >= 15 is 0 Å². The zero-order chi connectivity index (χ0) is 20.3. The largest absolute Gasteiger partial charge is 0.338 e. The van der Waals surface area contributed by atoms with Crippen molar-refractivity contribution in [1.82, 2.24) is 24.5 Å². The summed E-state index contributed by atoms with van der Waals surface area (Å²) in [6, 6.07) is 2.24. The number of hydrogen-bond acceptors (Lipinski definition) is 4. The maximum absolute atomic E-state index is 12.7. The zero-order valence-electron chi connectivity index (χ0n) is 17.1. The van der Waals surface area contributed by atoms with Crippen LogP contribution in [0.25, 0.3) is 0 Å². The summed E-state index contributed by atoms with van der Waals surface area (Å²) in [4.78, 5) is 26.7. The summed E-state index contributed by atoms with van der Waals surface area (Å²) in [6.45, 7) is 9.44. The maximum atomic E-state index is 12.7. The number of carbonyl (C=O) groups is 2. The fraction of sp³-hybridized carbons (Fsp3) is 0.600. The molecule has 152 valence electrons. The average molecular weight is 387 g/mol. The number of anilines is 1. The van der Waals surface area contributed by atoms with Crippen LogP contribution in [0.5, 0.6) is 0 Å². The first-order valence-corrected chi connectivity index (χ1v) is 10.0. The Hall–Kier alpha value is -2.64. The highest BCUT2D eigenvalue weighted by atomic mass is 16.2. The molecule has 1 aliphatic rings. The summed E-state index contributed by atoms with van der Waals surface area (Å²) < 4.78 is 3.69. The first kappa shape index (κ1) is 20.1. The number of rotatable bonds is 6. The molecule has 0 bridgehead atoms. The molecule has 0 radical (unpaired) electrons. The Morgan fingerprint density at radius 3 is 2.50 bits per heavy atom. The topological polar surface area (TPSA) is 85.1 Å². The van der Waals surface area contributed by atoms with E-state index in [0.29, 0.717) is 31.0 Å². The van der Waals surface area contributed by atoms with Crippen molar-refractivity contribution in [1.29, 1.82) is 0 Å². The van der Waals surface area contributed by atoms with E-state index in [1.165, 1.54) is 0 Å². The molecule has 0 atom stereocenters. The lowest BCUT2D eigenvalue weighted by atomic mass is 10.0. The van der Waals surface area contributed by atoms with Gasteiger partial charge in [0.15, 0.2) is 0 Å². The van der Waals surface area contributed by atoms with E-state index in [0.717, 1.165) is 18.7 Å². The smallest absolute Gasteiger partial charge is 0.257 e. The monoisotopic (exact) mass is 386 g/mol. The number of nitrogens with one attached hydrogen (secondary N) is 1. The third-order valence-electron chi connectivity index (χ3n) is 5.01. The molecule has 0 saturated carbocycles. The predicted octanol–water partition coefficient (Wildman–Crippen LogP) is 3.12. The van der Waals surface area contributed by atoms with Gasteiger partial charge in [0.1, 0.15) is 5.82 Å². The molecule has 1 N–H and O–H groups in total. The second-order valence-corrected chi connectivity index (χ2v) is 8.13. The van der Waals surface area contributed by atoms with Crippen molar-refractivity contribution in [2.75, 3.05) is 18.4 Å². The van der Waals surface area contributed by atoms with Gasteiger partial charge in [0.25, 0.3) is 5.91 Å². The average Bonchev–Trinajstić information content (AvgIpc) is 3.30. The summed E-state index contributed by atoms with van der Waals surface area (Å²) in [5.41, 5.74) is 0.632. The molecule has 2 aromatic heterocycles. The standard InChI is InChI=1S/C20H30N6O2/c1-14(2)11-19(27)23-18-5-8-21-26(18)17-6-9-24(10-7-17)20(28)16-12-22-25(13-16)15(3)4/h5,8,12-15,17H,6-7,9-11H2,1-4H3,(H,23,27). The first-order chi connectivity index (χ1) is 13.3. The highest BCUT2D eigenvalue weighted by Gasteiger charge is 2.27. The van der Waals surface area contributed by atoms with Crippen molar-refractivity contribution < 1.29 is 9.59 Å². The number of nitrogens with zero attached hydrogens (tertiary/aromatic N) is 5. The first-order valence-electron chi connectivity index (χ1n) is 10.0. The van der Waals surface area contributed by atoms with Crippen LogP contribution in [-0.4, -0.2) is 49.4 Å². The fourth-order valence-corrected chi connectivity index (χ4v) is 3.50. The molecule has 3 heterocycles. The van der Waals surface area contributed by atoms with Crippen LogP contribution in [0.1, 0.15) is 69.4 Å². The van der Waals surface area contributed by atoms with Gasteiger partial charge in [-0.1, -0.05) is 13.8 Å². The minimum absolute atomic E-state index is 0.00604. The summed E-state index contributed by atoms with van der Waals surface area (Å²) in [6.07, 6.45) is 7.27. The number of hydrogen-bond donors (Lipinski definition) is 1. The Morgan fingerprint density at radius 2 is 1.89 bits per heavy atom. The quantitative estimate of drug-likeness (QED) is 0.826. The Kier molecular flexibility index (Phi) is 6.16. The van der Waals surface area contributed by atoms with Crippen LogP contribution in [0.4, 0.5) is 5.82 Å². The SMILES string of the molecule is CC(C)CC(=O)Nc1ccnn1C1CCN(C(=O)c2cnn(C(C)C)c2)CC1. The van der Waals surface area contributed by atoms with Crippen molar-refractivity contribution in [2.24, 2.45) is 5.92 Å². The Bertz CT molecular complexity index is 814. The van der Waals surface area contributed by atoms with Gasteiger partial charge in [-0.05, 0) is 32.6 Å². The molecule has 1 aliphatic heterocycles. The van der Waals surface area contributed by atoms with E-state index < -0.39 is 0 Å². The molecule has 8 nitrogen and oxygen atoms in total. The van der Waals surface area contributed by atoms with E-state index in [4.69, 9.17) is 0 Å². The summed E-state index contributed by atoms with van der Waals surface area (Å²) in [5.74, 6) is 1.07. The molecule has 1 saturated heterocycles. The molecule has 0 unspecified atom stereocenters. The van der Waals surface area contributed by atoms with Crippen molar-refractivity contribution in [3.05, 3.63) is 30.2 Å². The summed E-state index contributed by atoms with van der Waals surface area (Å²) in [5, 5.41) is 11.6. The maximum Gasteiger partial charge on any atom is 0.257 e. The van der Waals surface area contributed by atoms with Gasteiger partial charge < -0.3 is 10.2 Å². The third kappa shape index (κ3) is 4.61. The van der Waals surface area contributed by atoms with Gasteiger partial charge in [-0.25, -0.2) is 4.68 Å². The third-order valence-corrected chi connectivity index (χ3v) is 5.01. The number of aromatic nitrogens is 4. The van der Waals surface area contributed by atoms with Crippen LogP contribution in [0.3, 0.4) is 0 Å². The van der Waals surface area contributed by atoms with E-state index in [1.54, 1.807) is 17.1 Å². The number of amides is 2. The molecule has 2 aromatic rings. The number of piperidine rings is 1. The highest BCUT2D eigenvalue weighted by molar-refractivity contribution is 5.93. The Morgan fingerprint density at radius 1 is 1.18 bits per heavy atom. The van der Waals surface area contributed by atoms with Gasteiger partial charge in [0, 0.05) is 37.8 Å². The van der Waals surface area contributed by atoms with Crippen molar-refractivity contribution in [2.45, 2.75) is 59.0 Å². The molecule has 8 heteroatoms. The summed E-state index contributed by atoms with van der Waals surface area (Å²) in [7, 11) is 0. The van der Waals surface area contributed by atoms with Crippen LogP contribution in [0, 0.1) is 5.92 Å². The lowest BCUT2D eigenvalue weighted by Crippen LogP contribution is -2.39. The normalized spacial score (nSPS) is 15.4. The molecule has 0 aliphatic carbocycles. The van der Waals surface area contributed by atoms with Crippen molar-refractivity contribution >= 4 is 17.6 Å². The van der Waals surface area contributed by atoms with E-state index in [1.807, 2.05) is 49.5 Å². The Labute approximate surface area is 165 Å².